The number of amides is 4. The first kappa shape index (κ1) is 21.0. The molecule has 1 fully saturated rings. The van der Waals surface area contributed by atoms with E-state index in [0.29, 0.717) is 5.69 Å². The van der Waals surface area contributed by atoms with Crippen molar-refractivity contribution < 1.29 is 23.7 Å². The normalized spacial score (nSPS) is 15.2. The standard InChI is InChI=1S/C22H14ClN3O6/c1-12-2-5-14(6-3-12)25-21(28)17(20(27)24-22(25)29)11-15-7-9-19(32-15)16-8-4-13(23)10-18(16)26(30)31/h2-11H,1H3,(H,24,27,29). The predicted molar refractivity (Wildman–Crippen MR) is 116 cm³/mol. The van der Waals surface area contributed by atoms with Crippen LogP contribution in [-0.2, 0) is 9.59 Å². The van der Waals surface area contributed by atoms with Crippen LogP contribution in [-0.4, -0.2) is 22.8 Å². The summed E-state index contributed by atoms with van der Waals surface area (Å²) >= 11 is 5.84. The average molecular weight is 452 g/mol. The van der Waals surface area contributed by atoms with Crippen molar-refractivity contribution in [1.82, 2.24) is 5.32 Å². The van der Waals surface area contributed by atoms with Gasteiger partial charge in [0, 0.05) is 11.1 Å². The number of rotatable bonds is 4. The molecule has 1 saturated heterocycles. The summed E-state index contributed by atoms with van der Waals surface area (Å²) in [5.41, 5.74) is 0.837. The molecule has 0 radical (unpaired) electrons. The molecular formula is C22H14ClN3O6. The first-order valence-electron chi connectivity index (χ1n) is 9.27. The molecule has 0 bridgehead atoms. The minimum absolute atomic E-state index is 0.0981. The van der Waals surface area contributed by atoms with Gasteiger partial charge < -0.3 is 4.42 Å². The Kier molecular flexibility index (Phi) is 5.33. The molecule has 10 heteroatoms. The van der Waals surface area contributed by atoms with Crippen molar-refractivity contribution in [2.75, 3.05) is 4.90 Å². The van der Waals surface area contributed by atoms with Crippen LogP contribution in [0, 0.1) is 17.0 Å². The highest BCUT2D eigenvalue weighted by atomic mass is 35.5. The van der Waals surface area contributed by atoms with E-state index in [4.69, 9.17) is 16.0 Å². The van der Waals surface area contributed by atoms with E-state index in [1.54, 1.807) is 24.3 Å². The van der Waals surface area contributed by atoms with Crippen molar-refractivity contribution >= 4 is 46.9 Å². The SMILES string of the molecule is Cc1ccc(N2C(=O)NC(=O)C(=Cc3ccc(-c4ccc(Cl)cc4[N+](=O)[O-])o3)C2=O)cc1. The second-order valence-electron chi connectivity index (χ2n) is 6.91. The molecule has 1 aliphatic heterocycles. The van der Waals surface area contributed by atoms with Gasteiger partial charge in [-0.1, -0.05) is 29.3 Å². The molecule has 9 nitrogen and oxygen atoms in total. The van der Waals surface area contributed by atoms with Gasteiger partial charge in [-0.15, -0.1) is 0 Å². The molecule has 32 heavy (non-hydrogen) atoms. The van der Waals surface area contributed by atoms with Crippen LogP contribution in [0.25, 0.3) is 17.4 Å². The number of nitro benzene ring substituents is 1. The molecular weight excluding hydrogens is 438 g/mol. The number of halogens is 1. The van der Waals surface area contributed by atoms with E-state index in [2.05, 4.69) is 5.32 Å². The number of furan rings is 1. The molecule has 0 atom stereocenters. The van der Waals surface area contributed by atoms with Gasteiger partial charge in [-0.25, -0.2) is 9.69 Å². The van der Waals surface area contributed by atoms with E-state index < -0.39 is 22.8 Å². The van der Waals surface area contributed by atoms with Gasteiger partial charge in [0.1, 0.15) is 17.1 Å². The van der Waals surface area contributed by atoms with Crippen molar-refractivity contribution in [3.8, 4) is 11.3 Å². The van der Waals surface area contributed by atoms with Crippen LogP contribution in [0.3, 0.4) is 0 Å². The van der Waals surface area contributed by atoms with Crippen LogP contribution < -0.4 is 10.2 Å². The van der Waals surface area contributed by atoms with E-state index in [9.17, 15) is 24.5 Å². The van der Waals surface area contributed by atoms with E-state index in [1.165, 1.54) is 36.4 Å². The number of hydrogen-bond donors (Lipinski definition) is 1. The fourth-order valence-electron chi connectivity index (χ4n) is 3.17. The summed E-state index contributed by atoms with van der Waals surface area (Å²) in [5, 5.41) is 13.7. The first-order chi connectivity index (χ1) is 15.2. The van der Waals surface area contributed by atoms with Gasteiger partial charge >= 0.3 is 6.03 Å². The lowest BCUT2D eigenvalue weighted by Gasteiger charge is -2.26. The first-order valence-corrected chi connectivity index (χ1v) is 9.64. The summed E-state index contributed by atoms with van der Waals surface area (Å²) in [7, 11) is 0. The van der Waals surface area contributed by atoms with Crippen LogP contribution in [0.15, 0.2) is 64.6 Å². The van der Waals surface area contributed by atoms with Crippen molar-refractivity contribution in [3.05, 3.63) is 86.6 Å². The Morgan fingerprint density at radius 2 is 1.78 bits per heavy atom. The molecule has 0 spiro atoms. The highest BCUT2D eigenvalue weighted by Crippen LogP contribution is 2.34. The lowest BCUT2D eigenvalue weighted by molar-refractivity contribution is -0.384. The molecule has 160 valence electrons. The number of barbiturate groups is 1. The fraction of sp³-hybridized carbons (Fsp3) is 0.0455. The number of aryl methyl sites for hydroxylation is 1. The van der Waals surface area contributed by atoms with Gasteiger partial charge in [-0.05, 0) is 49.4 Å². The summed E-state index contributed by atoms with van der Waals surface area (Å²) in [6, 6.07) is 12.8. The van der Waals surface area contributed by atoms with Crippen molar-refractivity contribution in [2.45, 2.75) is 6.92 Å². The third-order valence-corrected chi connectivity index (χ3v) is 4.96. The maximum atomic E-state index is 12.9. The maximum Gasteiger partial charge on any atom is 0.335 e. The topological polar surface area (TPSA) is 123 Å². The van der Waals surface area contributed by atoms with Crippen molar-refractivity contribution in [1.29, 1.82) is 0 Å². The largest absolute Gasteiger partial charge is 0.456 e. The number of hydrogen-bond acceptors (Lipinski definition) is 6. The quantitative estimate of drug-likeness (QED) is 0.270. The Balaban J connectivity index is 1.70. The second kappa shape index (κ2) is 8.12. The number of urea groups is 1. The van der Waals surface area contributed by atoms with E-state index in [-0.39, 0.29) is 33.4 Å². The van der Waals surface area contributed by atoms with Crippen molar-refractivity contribution in [3.63, 3.8) is 0 Å². The summed E-state index contributed by atoms with van der Waals surface area (Å²) in [4.78, 5) is 49.1. The summed E-state index contributed by atoms with van der Waals surface area (Å²) in [5.74, 6) is -1.45. The Morgan fingerprint density at radius 1 is 1.06 bits per heavy atom. The van der Waals surface area contributed by atoms with Gasteiger partial charge in [0.2, 0.25) is 0 Å². The van der Waals surface area contributed by atoms with E-state index in [1.807, 2.05) is 6.92 Å². The minimum atomic E-state index is -0.876. The average Bonchev–Trinajstić information content (AvgIpc) is 3.20. The van der Waals surface area contributed by atoms with E-state index in [0.717, 1.165) is 10.5 Å². The van der Waals surface area contributed by atoms with E-state index >= 15 is 0 Å². The van der Waals surface area contributed by atoms with Crippen molar-refractivity contribution in [2.24, 2.45) is 0 Å². The zero-order chi connectivity index (χ0) is 23.0. The number of carbonyl (C=O) groups is 3. The Morgan fingerprint density at radius 3 is 2.47 bits per heavy atom. The number of carbonyl (C=O) groups excluding carboxylic acids is 3. The lowest BCUT2D eigenvalue weighted by atomic mass is 10.1. The molecule has 4 amide bonds. The number of nitro groups is 1. The zero-order valence-electron chi connectivity index (χ0n) is 16.5. The number of imide groups is 2. The highest BCUT2D eigenvalue weighted by Gasteiger charge is 2.37. The molecule has 2 heterocycles. The Hall–Kier alpha value is -4.24. The zero-order valence-corrected chi connectivity index (χ0v) is 17.3. The number of nitrogens with zero attached hydrogens (tertiary/aromatic N) is 2. The van der Waals surface area contributed by atoms with Gasteiger partial charge in [-0.3, -0.25) is 25.0 Å². The van der Waals surface area contributed by atoms with Gasteiger partial charge in [0.05, 0.1) is 16.2 Å². The third kappa shape index (κ3) is 3.88. The molecule has 1 N–H and O–H groups in total. The maximum absolute atomic E-state index is 12.9. The molecule has 4 rings (SSSR count). The van der Waals surface area contributed by atoms with Gasteiger partial charge in [0.15, 0.2) is 0 Å². The van der Waals surface area contributed by atoms with Crippen LogP contribution >= 0.6 is 11.6 Å². The summed E-state index contributed by atoms with van der Waals surface area (Å²) in [6.45, 7) is 1.86. The van der Waals surface area contributed by atoms with Gasteiger partial charge in [0.25, 0.3) is 17.5 Å². The smallest absolute Gasteiger partial charge is 0.335 e. The molecule has 1 aliphatic rings. The highest BCUT2D eigenvalue weighted by molar-refractivity contribution is 6.39. The predicted octanol–water partition coefficient (Wildman–Crippen LogP) is 4.48. The molecule has 3 aromatic rings. The van der Waals surface area contributed by atoms with Crippen LogP contribution in [0.1, 0.15) is 11.3 Å². The summed E-state index contributed by atoms with van der Waals surface area (Å²) < 4.78 is 5.62. The van der Waals surface area contributed by atoms with Gasteiger partial charge in [-0.2, -0.15) is 0 Å². The number of anilines is 1. The lowest BCUT2D eigenvalue weighted by Crippen LogP contribution is -2.54. The van der Waals surface area contributed by atoms with Crippen LogP contribution in [0.4, 0.5) is 16.2 Å². The third-order valence-electron chi connectivity index (χ3n) is 4.73. The molecule has 2 aromatic carbocycles. The molecule has 0 unspecified atom stereocenters. The minimum Gasteiger partial charge on any atom is -0.456 e. The number of nitrogens with one attached hydrogen (secondary N) is 1. The summed E-state index contributed by atoms with van der Waals surface area (Å²) in [6.07, 6.45) is 1.18. The second-order valence-corrected chi connectivity index (χ2v) is 7.35. The Labute approximate surface area is 186 Å². The van der Waals surface area contributed by atoms with Crippen LogP contribution in [0.2, 0.25) is 5.02 Å². The molecule has 1 aromatic heterocycles. The monoisotopic (exact) mass is 451 g/mol. The number of benzene rings is 2. The molecule has 0 saturated carbocycles. The fourth-order valence-corrected chi connectivity index (χ4v) is 3.33. The Bertz CT molecular complexity index is 1310. The molecule has 0 aliphatic carbocycles. The van der Waals surface area contributed by atoms with Crippen LogP contribution in [0.5, 0.6) is 0 Å².